The number of nitrogens with zero attached hydrogens (tertiary/aromatic N) is 6. The van der Waals surface area contributed by atoms with Crippen LogP contribution in [0.25, 0.3) is 27.7 Å². The number of halogens is 1. The molecule has 1 aliphatic heterocycles. The molecule has 6 rings (SSSR count). The molecule has 0 bridgehead atoms. The third-order valence-corrected chi connectivity index (χ3v) is 7.91. The number of carbonyl (C=O) groups excluding carboxylic acids is 1. The third kappa shape index (κ3) is 5.81. The number of carbonyl (C=O) groups is 1. The lowest BCUT2D eigenvalue weighted by Gasteiger charge is -2.24. The first-order chi connectivity index (χ1) is 21.0. The topological polar surface area (TPSA) is 113 Å². The number of aromatic nitrogens is 5. The fourth-order valence-electron chi connectivity index (χ4n) is 5.52. The predicted molar refractivity (Wildman–Crippen MR) is 167 cm³/mol. The summed E-state index contributed by atoms with van der Waals surface area (Å²) < 4.78 is 30.7. The van der Waals surface area contributed by atoms with E-state index in [9.17, 15) is 4.79 Å². The average Bonchev–Trinajstić information content (AvgIpc) is 3.36. The van der Waals surface area contributed by atoms with Crippen molar-refractivity contribution in [2.45, 2.75) is 77.5 Å². The van der Waals surface area contributed by atoms with Gasteiger partial charge in [0.2, 0.25) is 0 Å². The summed E-state index contributed by atoms with van der Waals surface area (Å²) in [4.78, 5) is 23.4. The minimum Gasteiger partial charge on any atom is -0.493 e. The number of imidazole rings is 1. The maximum Gasteiger partial charge on any atom is 0.410 e. The number of fused-ring (bicyclic) bond motifs is 2. The first-order valence-electron chi connectivity index (χ1n) is 15.2. The van der Waals surface area contributed by atoms with E-state index in [2.05, 4.69) is 35.3 Å². The summed E-state index contributed by atoms with van der Waals surface area (Å²) in [5.41, 5.74) is 9.16. The van der Waals surface area contributed by atoms with Crippen LogP contribution in [-0.2, 0) is 9.47 Å². The molecule has 44 heavy (non-hydrogen) atoms. The van der Waals surface area contributed by atoms with Crippen molar-refractivity contribution in [2.75, 3.05) is 25.4 Å². The highest BCUT2D eigenvalue weighted by Gasteiger charge is 2.33. The molecule has 4 aromatic rings. The molecule has 0 unspecified atom stereocenters. The van der Waals surface area contributed by atoms with Crippen LogP contribution in [0.5, 0.6) is 0 Å². The standard InChI is InChI=1S/C33H38FN7O3/c1-6-7-14-43-20(2)24-17-36-31(35)29-26(11-8-21-15-27-28(16-25(21)34)40(19-37-27)22-9-10-22)38-41(30(24)29)23-12-13-39(18-23)32(42)44-33(3,4)5/h15-17,19,22-23H,2,6-7,9-10,12-14,18H2,1,3-5H3,(H2,35,36)/t23-/m0/s1. The summed E-state index contributed by atoms with van der Waals surface area (Å²) in [6.45, 7) is 13.2. The van der Waals surface area contributed by atoms with Gasteiger partial charge in [0.25, 0.3) is 0 Å². The van der Waals surface area contributed by atoms with Crippen LogP contribution in [0.4, 0.5) is 15.0 Å². The van der Waals surface area contributed by atoms with Crippen LogP contribution in [0, 0.1) is 17.7 Å². The minimum atomic E-state index is -0.606. The van der Waals surface area contributed by atoms with Crippen molar-refractivity contribution < 1.29 is 18.7 Å². The average molecular weight is 600 g/mol. The van der Waals surface area contributed by atoms with E-state index in [-0.39, 0.29) is 23.5 Å². The SMILES string of the molecule is C=C(OCCCC)c1cnc(N)c2c(C#Cc3cc4ncn(C5CC5)c4cc3F)nn([C@H]3CCN(C(=O)OC(C)(C)C)C3)c12. The first kappa shape index (κ1) is 29.5. The van der Waals surface area contributed by atoms with Crippen molar-refractivity contribution in [2.24, 2.45) is 0 Å². The molecule has 3 aromatic heterocycles. The van der Waals surface area contributed by atoms with Crippen molar-refractivity contribution in [1.29, 1.82) is 0 Å². The van der Waals surface area contributed by atoms with E-state index in [1.54, 1.807) is 23.5 Å². The van der Waals surface area contributed by atoms with E-state index in [0.717, 1.165) is 31.2 Å². The number of nitrogens with two attached hydrogens (primary N) is 1. The van der Waals surface area contributed by atoms with Crippen LogP contribution >= 0.6 is 0 Å². The van der Waals surface area contributed by atoms with Crippen molar-refractivity contribution in [3.05, 3.63) is 53.9 Å². The molecule has 1 saturated carbocycles. The summed E-state index contributed by atoms with van der Waals surface area (Å²) in [6, 6.07) is 3.36. The molecule has 10 nitrogen and oxygen atoms in total. The van der Waals surface area contributed by atoms with Crippen LogP contribution in [0.15, 0.2) is 31.2 Å². The van der Waals surface area contributed by atoms with Crippen molar-refractivity contribution in [1.82, 2.24) is 29.2 Å². The molecular formula is C33H38FN7O3. The highest BCUT2D eigenvalue weighted by atomic mass is 19.1. The maximum atomic E-state index is 15.3. The molecule has 11 heteroatoms. The molecule has 1 aromatic carbocycles. The summed E-state index contributed by atoms with van der Waals surface area (Å²) in [5.74, 6) is 6.29. The minimum absolute atomic E-state index is 0.191. The van der Waals surface area contributed by atoms with Gasteiger partial charge in [0.1, 0.15) is 28.7 Å². The monoisotopic (exact) mass is 599 g/mol. The van der Waals surface area contributed by atoms with Gasteiger partial charge in [-0.2, -0.15) is 5.10 Å². The highest BCUT2D eigenvalue weighted by Crippen LogP contribution is 2.38. The van der Waals surface area contributed by atoms with E-state index in [1.165, 1.54) is 6.07 Å². The van der Waals surface area contributed by atoms with Gasteiger partial charge in [-0.3, -0.25) is 4.68 Å². The zero-order chi connectivity index (χ0) is 31.2. The smallest absolute Gasteiger partial charge is 0.410 e. The van der Waals surface area contributed by atoms with E-state index in [0.29, 0.717) is 65.6 Å². The van der Waals surface area contributed by atoms with Crippen molar-refractivity contribution >= 4 is 39.6 Å². The Morgan fingerprint density at radius 3 is 2.70 bits per heavy atom. The largest absolute Gasteiger partial charge is 0.493 e. The lowest BCUT2D eigenvalue weighted by atomic mass is 10.1. The first-order valence-corrected chi connectivity index (χ1v) is 15.2. The van der Waals surface area contributed by atoms with Gasteiger partial charge in [0.05, 0.1) is 52.0 Å². The normalized spacial score (nSPS) is 16.8. The van der Waals surface area contributed by atoms with Crippen LogP contribution < -0.4 is 5.73 Å². The quantitative estimate of drug-likeness (QED) is 0.153. The number of ether oxygens (including phenoxy) is 2. The van der Waals surface area contributed by atoms with Crippen LogP contribution in [0.1, 0.15) is 88.7 Å². The summed E-state index contributed by atoms with van der Waals surface area (Å²) >= 11 is 0. The van der Waals surface area contributed by atoms with E-state index in [4.69, 9.17) is 20.3 Å². The second-order valence-corrected chi connectivity index (χ2v) is 12.5. The Labute approximate surface area is 256 Å². The Bertz CT molecular complexity index is 1820. The maximum absolute atomic E-state index is 15.3. The molecule has 0 spiro atoms. The van der Waals surface area contributed by atoms with Crippen molar-refractivity contribution in [3.8, 4) is 11.8 Å². The second kappa shape index (κ2) is 11.5. The van der Waals surface area contributed by atoms with Gasteiger partial charge in [0, 0.05) is 31.4 Å². The zero-order valence-corrected chi connectivity index (χ0v) is 25.7. The van der Waals surface area contributed by atoms with Gasteiger partial charge in [-0.1, -0.05) is 25.8 Å². The molecule has 1 aliphatic carbocycles. The van der Waals surface area contributed by atoms with E-state index < -0.39 is 11.4 Å². The zero-order valence-electron chi connectivity index (χ0n) is 25.7. The molecule has 0 radical (unpaired) electrons. The van der Waals surface area contributed by atoms with Gasteiger partial charge in [-0.05, 0) is 58.4 Å². The highest BCUT2D eigenvalue weighted by molar-refractivity contribution is 5.99. The molecule has 1 atom stereocenters. The van der Waals surface area contributed by atoms with Gasteiger partial charge < -0.3 is 24.7 Å². The molecule has 1 amide bonds. The van der Waals surface area contributed by atoms with Gasteiger partial charge >= 0.3 is 6.09 Å². The molecule has 2 fully saturated rings. The number of hydrogen-bond donors (Lipinski definition) is 1. The molecule has 1 saturated heterocycles. The van der Waals surface area contributed by atoms with Crippen LogP contribution in [0.2, 0.25) is 0 Å². The summed E-state index contributed by atoms with van der Waals surface area (Å²) in [6.07, 6.45) is 7.67. The van der Waals surface area contributed by atoms with E-state index >= 15 is 4.39 Å². The number of unbranched alkanes of at least 4 members (excludes halogenated alkanes) is 1. The number of nitrogen functional groups attached to an aromatic ring is 1. The molecule has 230 valence electrons. The fourth-order valence-corrected chi connectivity index (χ4v) is 5.52. The molecule has 4 heterocycles. The number of amides is 1. The Morgan fingerprint density at radius 1 is 1.18 bits per heavy atom. The number of hydrogen-bond acceptors (Lipinski definition) is 7. The Balaban J connectivity index is 1.41. The molecule has 2 N–H and O–H groups in total. The Morgan fingerprint density at radius 2 is 1.98 bits per heavy atom. The number of rotatable bonds is 7. The predicted octanol–water partition coefficient (Wildman–Crippen LogP) is 6.21. The van der Waals surface area contributed by atoms with E-state index in [1.807, 2.05) is 30.0 Å². The number of pyridine rings is 1. The van der Waals surface area contributed by atoms with Crippen LogP contribution in [-0.4, -0.2) is 60.6 Å². The molecule has 2 aliphatic rings. The number of likely N-dealkylation sites (tertiary alicyclic amines) is 1. The Hall–Kier alpha value is -4.59. The van der Waals surface area contributed by atoms with Crippen molar-refractivity contribution in [3.63, 3.8) is 0 Å². The number of benzene rings is 1. The van der Waals surface area contributed by atoms with Gasteiger partial charge in [-0.15, -0.1) is 0 Å². The fraction of sp³-hybridized carbons (Fsp3) is 0.455. The lowest BCUT2D eigenvalue weighted by Crippen LogP contribution is -2.35. The molecular weight excluding hydrogens is 561 g/mol. The second-order valence-electron chi connectivity index (χ2n) is 12.5. The number of anilines is 1. The lowest BCUT2D eigenvalue weighted by molar-refractivity contribution is 0.0288. The Kier molecular flexibility index (Phi) is 7.70. The third-order valence-electron chi connectivity index (χ3n) is 7.91. The van der Waals surface area contributed by atoms with Crippen LogP contribution in [0.3, 0.4) is 0 Å². The summed E-state index contributed by atoms with van der Waals surface area (Å²) in [5, 5.41) is 5.42. The van der Waals surface area contributed by atoms with Gasteiger partial charge in [0.15, 0.2) is 0 Å². The summed E-state index contributed by atoms with van der Waals surface area (Å²) in [7, 11) is 0. The van der Waals surface area contributed by atoms with Gasteiger partial charge in [-0.25, -0.2) is 19.2 Å².